The molecule has 0 radical (unpaired) electrons. The van der Waals surface area contributed by atoms with Gasteiger partial charge in [0.2, 0.25) is 5.91 Å². The molecule has 0 unspecified atom stereocenters. The van der Waals surface area contributed by atoms with Crippen LogP contribution in [0.3, 0.4) is 0 Å². The third-order valence-corrected chi connectivity index (χ3v) is 3.57. The highest BCUT2D eigenvalue weighted by Crippen LogP contribution is 2.10. The second-order valence-electron chi connectivity index (χ2n) is 5.13. The van der Waals surface area contributed by atoms with Gasteiger partial charge in [-0.25, -0.2) is 8.78 Å². The number of likely N-dealkylation sites (tertiary alicyclic amines) is 1. The molecule has 3 nitrogen and oxygen atoms in total. The van der Waals surface area contributed by atoms with Crippen molar-refractivity contribution in [3.8, 4) is 0 Å². The summed E-state index contributed by atoms with van der Waals surface area (Å²) in [5, 5.41) is 2.93. The van der Waals surface area contributed by atoms with Crippen LogP contribution in [0.5, 0.6) is 0 Å². The van der Waals surface area contributed by atoms with Crippen molar-refractivity contribution in [2.24, 2.45) is 0 Å². The fourth-order valence-corrected chi connectivity index (χ4v) is 2.40. The van der Waals surface area contributed by atoms with E-state index in [9.17, 15) is 13.6 Å². The summed E-state index contributed by atoms with van der Waals surface area (Å²) in [4.78, 5) is 13.9. The van der Waals surface area contributed by atoms with E-state index >= 15 is 0 Å². The number of carbonyl (C=O) groups excluding carboxylic acids is 1. The maximum absolute atomic E-state index is 13.4. The molecule has 2 rings (SSSR count). The Balaban J connectivity index is 1.78. The minimum absolute atomic E-state index is 0.0504. The molecule has 0 saturated carbocycles. The van der Waals surface area contributed by atoms with Crippen molar-refractivity contribution in [2.45, 2.75) is 32.2 Å². The van der Waals surface area contributed by atoms with Gasteiger partial charge in [0, 0.05) is 31.3 Å². The summed E-state index contributed by atoms with van der Waals surface area (Å²) >= 11 is 0. The monoisotopic (exact) mass is 282 g/mol. The third-order valence-electron chi connectivity index (χ3n) is 3.57. The Labute approximate surface area is 118 Å². The van der Waals surface area contributed by atoms with Crippen LogP contribution in [0.25, 0.3) is 0 Å². The lowest BCUT2D eigenvalue weighted by molar-refractivity contribution is -0.130. The molecular formula is C15H20F2N2O. The Morgan fingerprint density at radius 3 is 2.50 bits per heavy atom. The van der Waals surface area contributed by atoms with E-state index in [1.165, 1.54) is 25.0 Å². The lowest BCUT2D eigenvalue weighted by Gasteiger charge is -2.20. The number of hydrogen-bond donors (Lipinski definition) is 1. The van der Waals surface area contributed by atoms with Crippen LogP contribution in [-0.4, -0.2) is 30.4 Å². The molecule has 1 fully saturated rings. The van der Waals surface area contributed by atoms with Gasteiger partial charge in [-0.3, -0.25) is 4.79 Å². The van der Waals surface area contributed by atoms with Crippen LogP contribution in [0.4, 0.5) is 8.78 Å². The van der Waals surface area contributed by atoms with Gasteiger partial charge in [0.25, 0.3) is 0 Å². The first kappa shape index (κ1) is 14.9. The first-order chi connectivity index (χ1) is 9.66. The standard InChI is InChI=1S/C15H20F2N2O/c16-13-6-5-12(14(17)9-13)10-18-11-15(20)19-7-3-1-2-4-8-19/h5-6,9,18H,1-4,7-8,10-11H2. The van der Waals surface area contributed by atoms with Crippen LogP contribution in [0.2, 0.25) is 0 Å². The van der Waals surface area contributed by atoms with Crippen molar-refractivity contribution in [3.05, 3.63) is 35.4 Å². The predicted octanol–water partition coefficient (Wildman–Crippen LogP) is 2.46. The van der Waals surface area contributed by atoms with Gasteiger partial charge < -0.3 is 10.2 Å². The molecule has 20 heavy (non-hydrogen) atoms. The molecule has 1 saturated heterocycles. The molecule has 0 aromatic heterocycles. The van der Waals surface area contributed by atoms with Crippen LogP contribution < -0.4 is 5.32 Å². The SMILES string of the molecule is O=C(CNCc1ccc(F)cc1F)N1CCCCCC1. The smallest absolute Gasteiger partial charge is 0.236 e. The zero-order valence-corrected chi connectivity index (χ0v) is 11.5. The van der Waals surface area contributed by atoms with Crippen LogP contribution in [0, 0.1) is 11.6 Å². The molecule has 0 bridgehead atoms. The van der Waals surface area contributed by atoms with E-state index in [0.29, 0.717) is 5.56 Å². The van der Waals surface area contributed by atoms with E-state index in [-0.39, 0.29) is 19.0 Å². The first-order valence-electron chi connectivity index (χ1n) is 7.09. The number of hydrogen-bond acceptors (Lipinski definition) is 2. The average Bonchev–Trinajstić information content (AvgIpc) is 2.70. The molecular weight excluding hydrogens is 262 g/mol. The zero-order chi connectivity index (χ0) is 14.4. The van der Waals surface area contributed by atoms with Gasteiger partial charge >= 0.3 is 0 Å². The van der Waals surface area contributed by atoms with Crippen molar-refractivity contribution in [1.82, 2.24) is 10.2 Å². The van der Waals surface area contributed by atoms with E-state index < -0.39 is 11.6 Å². The quantitative estimate of drug-likeness (QED) is 0.920. The second kappa shape index (κ2) is 7.33. The number of benzene rings is 1. The minimum atomic E-state index is -0.591. The molecule has 1 amide bonds. The molecule has 1 aliphatic heterocycles. The Morgan fingerprint density at radius 1 is 1.15 bits per heavy atom. The van der Waals surface area contributed by atoms with Crippen LogP contribution in [-0.2, 0) is 11.3 Å². The molecule has 5 heteroatoms. The highest BCUT2D eigenvalue weighted by molar-refractivity contribution is 5.78. The van der Waals surface area contributed by atoms with E-state index in [1.54, 1.807) is 0 Å². The lowest BCUT2D eigenvalue weighted by Crippen LogP contribution is -2.38. The molecule has 110 valence electrons. The van der Waals surface area contributed by atoms with Crippen LogP contribution in [0.15, 0.2) is 18.2 Å². The van der Waals surface area contributed by atoms with E-state index in [4.69, 9.17) is 0 Å². The summed E-state index contributed by atoms with van der Waals surface area (Å²) in [6, 6.07) is 3.47. The van der Waals surface area contributed by atoms with Gasteiger partial charge in [-0.15, -0.1) is 0 Å². The Morgan fingerprint density at radius 2 is 1.85 bits per heavy atom. The third kappa shape index (κ3) is 4.27. The summed E-state index contributed by atoms with van der Waals surface area (Å²) in [5.41, 5.74) is 0.370. The molecule has 0 atom stereocenters. The molecule has 0 spiro atoms. The maximum atomic E-state index is 13.4. The van der Waals surface area contributed by atoms with Crippen molar-refractivity contribution >= 4 is 5.91 Å². The topological polar surface area (TPSA) is 32.3 Å². The van der Waals surface area contributed by atoms with Gasteiger partial charge in [0.15, 0.2) is 0 Å². The number of carbonyl (C=O) groups is 1. The average molecular weight is 282 g/mol. The van der Waals surface area contributed by atoms with Crippen molar-refractivity contribution < 1.29 is 13.6 Å². The Bertz CT molecular complexity index is 457. The van der Waals surface area contributed by atoms with E-state index in [2.05, 4.69) is 5.32 Å². The normalized spacial score (nSPS) is 16.0. The first-order valence-corrected chi connectivity index (χ1v) is 7.09. The van der Waals surface area contributed by atoms with Gasteiger partial charge in [0.05, 0.1) is 6.54 Å². The number of rotatable bonds is 4. The highest BCUT2D eigenvalue weighted by atomic mass is 19.1. The van der Waals surface area contributed by atoms with Gasteiger partial charge in [-0.1, -0.05) is 18.9 Å². The van der Waals surface area contributed by atoms with Crippen LogP contribution in [0.1, 0.15) is 31.2 Å². The van der Waals surface area contributed by atoms with E-state index in [0.717, 1.165) is 32.0 Å². The number of nitrogens with zero attached hydrogens (tertiary/aromatic N) is 1. The predicted molar refractivity (Wildman–Crippen MR) is 73.1 cm³/mol. The van der Waals surface area contributed by atoms with Crippen LogP contribution >= 0.6 is 0 Å². The number of amides is 1. The molecule has 1 aliphatic rings. The number of nitrogens with one attached hydrogen (secondary N) is 1. The minimum Gasteiger partial charge on any atom is -0.342 e. The lowest BCUT2D eigenvalue weighted by atomic mass is 10.2. The second-order valence-corrected chi connectivity index (χ2v) is 5.13. The van der Waals surface area contributed by atoms with Crippen molar-refractivity contribution in [2.75, 3.05) is 19.6 Å². The summed E-state index contributed by atoms with van der Waals surface area (Å²) in [6.07, 6.45) is 4.46. The molecule has 0 aliphatic carbocycles. The fourth-order valence-electron chi connectivity index (χ4n) is 2.40. The van der Waals surface area contributed by atoms with Gasteiger partial charge in [0.1, 0.15) is 11.6 Å². The summed E-state index contributed by atoms with van der Waals surface area (Å²) < 4.78 is 26.2. The van der Waals surface area contributed by atoms with E-state index in [1.807, 2.05) is 4.90 Å². The molecule has 1 aromatic carbocycles. The maximum Gasteiger partial charge on any atom is 0.236 e. The summed E-state index contributed by atoms with van der Waals surface area (Å²) in [7, 11) is 0. The molecule has 1 heterocycles. The Hall–Kier alpha value is -1.49. The van der Waals surface area contributed by atoms with Crippen molar-refractivity contribution in [3.63, 3.8) is 0 Å². The molecule has 1 aromatic rings. The van der Waals surface area contributed by atoms with Crippen molar-refractivity contribution in [1.29, 1.82) is 0 Å². The summed E-state index contributed by atoms with van der Waals surface area (Å²) in [5.74, 6) is -1.12. The zero-order valence-electron chi connectivity index (χ0n) is 11.5. The Kier molecular flexibility index (Phi) is 5.47. The molecule has 1 N–H and O–H groups in total. The fraction of sp³-hybridized carbons (Fsp3) is 0.533. The van der Waals surface area contributed by atoms with Gasteiger partial charge in [-0.2, -0.15) is 0 Å². The van der Waals surface area contributed by atoms with Gasteiger partial charge in [-0.05, 0) is 18.9 Å². The summed E-state index contributed by atoms with van der Waals surface area (Å²) in [6.45, 7) is 2.04. The largest absolute Gasteiger partial charge is 0.342 e. The highest BCUT2D eigenvalue weighted by Gasteiger charge is 2.15. The number of halogens is 2.